The summed E-state index contributed by atoms with van der Waals surface area (Å²) in [5, 5.41) is 0. The molecular formula is Cl3F3N3P3. The summed E-state index contributed by atoms with van der Waals surface area (Å²) in [4.78, 5) is 0. The van der Waals surface area contributed by atoms with E-state index < -0.39 is 20.6 Å². The van der Waals surface area contributed by atoms with Crippen LogP contribution >= 0.6 is 54.3 Å². The zero-order valence-corrected chi connectivity index (χ0v) is 9.90. The Labute approximate surface area is 80.7 Å². The largest absolute Gasteiger partial charge is 0.340 e. The van der Waals surface area contributed by atoms with E-state index in [-0.39, 0.29) is 0 Å². The van der Waals surface area contributed by atoms with Gasteiger partial charge in [-0.1, -0.05) is 0 Å². The third-order valence-corrected chi connectivity index (χ3v) is 9.46. The van der Waals surface area contributed by atoms with Crippen LogP contribution in [0.4, 0.5) is 12.6 Å². The first-order valence-electron chi connectivity index (χ1n) is 2.21. The Morgan fingerprint density at radius 1 is 0.667 bits per heavy atom. The van der Waals surface area contributed by atoms with Crippen LogP contribution in [-0.2, 0) is 0 Å². The maximum atomic E-state index is 12.8. The average Bonchev–Trinajstić information content (AvgIpc) is 1.44. The lowest BCUT2D eigenvalue weighted by atomic mass is 13.8. The van der Waals surface area contributed by atoms with Crippen molar-refractivity contribution >= 4 is 54.3 Å². The fourth-order valence-corrected chi connectivity index (χ4v) is 10.7. The molecule has 1 aliphatic rings. The van der Waals surface area contributed by atoms with Crippen molar-refractivity contribution in [3.8, 4) is 0 Å². The van der Waals surface area contributed by atoms with Gasteiger partial charge in [-0.05, 0) is 33.7 Å². The van der Waals surface area contributed by atoms with Crippen molar-refractivity contribution in [2.24, 2.45) is 13.5 Å². The van der Waals surface area contributed by atoms with Crippen molar-refractivity contribution in [1.29, 1.82) is 0 Å². The van der Waals surface area contributed by atoms with Crippen LogP contribution in [0.1, 0.15) is 0 Å². The molecule has 0 bridgehead atoms. The van der Waals surface area contributed by atoms with Crippen molar-refractivity contribution in [3.05, 3.63) is 0 Å². The van der Waals surface area contributed by atoms with Gasteiger partial charge >= 0.3 is 20.6 Å². The predicted molar refractivity (Wildman–Crippen MR) is 48.9 cm³/mol. The molecule has 0 radical (unpaired) electrons. The van der Waals surface area contributed by atoms with Gasteiger partial charge in [0, 0.05) is 0 Å². The van der Waals surface area contributed by atoms with Gasteiger partial charge in [-0.25, -0.2) is 0 Å². The molecule has 1 heterocycles. The maximum absolute atomic E-state index is 12.8. The first-order valence-corrected chi connectivity index (χ1v) is 9.69. The molecule has 0 unspecified atom stereocenters. The number of rotatable bonds is 0. The minimum Gasteiger partial charge on any atom is -0.165 e. The molecule has 0 aliphatic carbocycles. The van der Waals surface area contributed by atoms with Crippen LogP contribution in [-0.4, -0.2) is 0 Å². The van der Waals surface area contributed by atoms with E-state index in [0.717, 1.165) is 0 Å². The second kappa shape index (κ2) is 3.18. The lowest BCUT2D eigenvalue weighted by Crippen LogP contribution is -1.64. The average molecular weight is 298 g/mol. The third kappa shape index (κ3) is 3.25. The van der Waals surface area contributed by atoms with Gasteiger partial charge in [0.2, 0.25) is 0 Å². The van der Waals surface area contributed by atoms with E-state index in [2.05, 4.69) is 13.5 Å². The summed E-state index contributed by atoms with van der Waals surface area (Å²) in [5.41, 5.74) is 0. The smallest absolute Gasteiger partial charge is 0.165 e. The van der Waals surface area contributed by atoms with Gasteiger partial charge in [-0.2, -0.15) is 26.1 Å². The van der Waals surface area contributed by atoms with Gasteiger partial charge in [-0.3, -0.25) is 0 Å². The zero-order valence-electron chi connectivity index (χ0n) is 4.95. The van der Waals surface area contributed by atoms with E-state index in [4.69, 9.17) is 33.7 Å². The van der Waals surface area contributed by atoms with Gasteiger partial charge in [-0.15, -0.1) is 0 Å². The Kier molecular flexibility index (Phi) is 3.03. The molecule has 3 nitrogen and oxygen atoms in total. The molecular weight excluding hydrogens is 298 g/mol. The minimum absolute atomic E-state index is 2.63. The summed E-state index contributed by atoms with van der Waals surface area (Å²) in [6.45, 7) is -13.1. The topological polar surface area (TPSA) is 37.1 Å². The van der Waals surface area contributed by atoms with E-state index in [9.17, 15) is 12.6 Å². The highest BCUT2D eigenvalue weighted by Crippen LogP contribution is 2.85. The highest BCUT2D eigenvalue weighted by molar-refractivity contribution is 8.05. The van der Waals surface area contributed by atoms with E-state index >= 15 is 0 Å². The van der Waals surface area contributed by atoms with Crippen molar-refractivity contribution in [3.63, 3.8) is 0 Å². The number of hydrogen-bond donors (Lipinski definition) is 0. The highest BCUT2D eigenvalue weighted by Gasteiger charge is 2.34. The molecule has 0 aromatic heterocycles. The molecule has 12 heavy (non-hydrogen) atoms. The van der Waals surface area contributed by atoms with Gasteiger partial charge in [0.1, 0.15) is 0 Å². The van der Waals surface area contributed by atoms with Crippen molar-refractivity contribution in [2.45, 2.75) is 0 Å². The summed E-state index contributed by atoms with van der Waals surface area (Å²) in [6.07, 6.45) is 0. The van der Waals surface area contributed by atoms with Crippen molar-refractivity contribution < 1.29 is 12.6 Å². The molecule has 1 rings (SSSR count). The molecule has 0 N–H and O–H groups in total. The first-order chi connectivity index (χ1) is 5.12. The van der Waals surface area contributed by atoms with Gasteiger partial charge < -0.3 is 0 Å². The standard InChI is InChI=1S/Cl3F3N3P3/c1-10(4)7-11(2,5)9-12(3,6)8-10. The molecule has 0 fully saturated rings. The monoisotopic (exact) mass is 297 g/mol. The summed E-state index contributed by atoms with van der Waals surface area (Å²) in [5.74, 6) is 0. The van der Waals surface area contributed by atoms with Crippen molar-refractivity contribution in [1.82, 2.24) is 0 Å². The fourth-order valence-electron chi connectivity index (χ4n) is 0.442. The van der Waals surface area contributed by atoms with Gasteiger partial charge in [0.05, 0.1) is 0 Å². The Morgan fingerprint density at radius 2 is 0.833 bits per heavy atom. The van der Waals surface area contributed by atoms with E-state index in [1.807, 2.05) is 0 Å². The molecule has 0 atom stereocenters. The summed E-state index contributed by atoms with van der Waals surface area (Å²) in [7, 11) is 0. The highest BCUT2D eigenvalue weighted by atomic mass is 35.7. The van der Waals surface area contributed by atoms with Crippen LogP contribution in [0.25, 0.3) is 0 Å². The van der Waals surface area contributed by atoms with Crippen LogP contribution < -0.4 is 0 Å². The van der Waals surface area contributed by atoms with Gasteiger partial charge in [0.15, 0.2) is 0 Å². The first kappa shape index (κ1) is 11.4. The molecule has 72 valence electrons. The number of nitrogens with zero attached hydrogens (tertiary/aromatic N) is 3. The van der Waals surface area contributed by atoms with E-state index in [1.54, 1.807) is 0 Å². The molecule has 0 amide bonds. The van der Waals surface area contributed by atoms with Crippen LogP contribution in [0.15, 0.2) is 13.5 Å². The number of hydrogen-bond acceptors (Lipinski definition) is 3. The third-order valence-electron chi connectivity index (χ3n) is 0.646. The second-order valence-electron chi connectivity index (χ2n) is 1.64. The SMILES string of the molecule is FP1(Cl)=NP(F)(Cl)=NP(F)(Cl)=N1. The lowest BCUT2D eigenvalue weighted by Gasteiger charge is -2.12. The summed E-state index contributed by atoms with van der Waals surface area (Å²) in [6, 6.07) is 0. The molecule has 0 saturated heterocycles. The fraction of sp³-hybridized carbons (Fsp3) is 0. The Balaban J connectivity index is 3.46. The molecule has 12 heteroatoms. The Hall–Kier alpha value is 1.35. The molecule has 1 aliphatic heterocycles. The quantitative estimate of drug-likeness (QED) is 0.460. The number of halogens is 6. The lowest BCUT2D eigenvalue weighted by molar-refractivity contribution is 0.861. The maximum Gasteiger partial charge on any atom is 0.340 e. The van der Waals surface area contributed by atoms with Crippen LogP contribution in [0.5, 0.6) is 0 Å². The zero-order chi connectivity index (χ0) is 9.62. The molecule has 0 aromatic rings. The molecule has 0 spiro atoms. The van der Waals surface area contributed by atoms with E-state index in [0.29, 0.717) is 0 Å². The Morgan fingerprint density at radius 3 is 1.00 bits per heavy atom. The Bertz CT molecular complexity index is 281. The molecule has 0 saturated carbocycles. The predicted octanol–water partition coefficient (Wildman–Crippen LogP) is 6.46. The van der Waals surface area contributed by atoms with Crippen LogP contribution in [0.2, 0.25) is 0 Å². The van der Waals surface area contributed by atoms with Crippen molar-refractivity contribution in [2.75, 3.05) is 0 Å². The summed E-state index contributed by atoms with van der Waals surface area (Å²) >= 11 is 14.7. The van der Waals surface area contributed by atoms with Gasteiger partial charge in [0.25, 0.3) is 0 Å². The van der Waals surface area contributed by atoms with E-state index in [1.165, 1.54) is 0 Å². The normalized spacial score (nSPS) is 53.5. The summed E-state index contributed by atoms with van der Waals surface area (Å²) < 4.78 is 46.2. The second-order valence-corrected chi connectivity index (χ2v) is 10.4. The minimum atomic E-state index is -4.37. The van der Waals surface area contributed by atoms with Crippen LogP contribution in [0, 0.1) is 0 Å². The van der Waals surface area contributed by atoms with Crippen LogP contribution in [0.3, 0.4) is 0 Å². The molecule has 0 aromatic carbocycles.